The van der Waals surface area contributed by atoms with Gasteiger partial charge in [-0.2, -0.15) is 0 Å². The molecule has 13 heteroatoms. The first-order valence-electron chi connectivity index (χ1n) is 19.4. The van der Waals surface area contributed by atoms with Crippen LogP contribution in [0, 0.1) is 46.3 Å². The van der Waals surface area contributed by atoms with Crippen molar-refractivity contribution in [1.29, 1.82) is 0 Å². The molecule has 0 spiro atoms. The average molecular weight is 705 g/mol. The summed E-state index contributed by atoms with van der Waals surface area (Å²) in [6.07, 6.45) is 10.00. The number of rotatable bonds is 19. The molecule has 1 aromatic rings. The quantitative estimate of drug-likeness (QED) is 0.0603. The summed E-state index contributed by atoms with van der Waals surface area (Å²) in [4.78, 5) is 11.3. The predicted octanol–water partition coefficient (Wildman–Crippen LogP) is 9.50. The summed E-state index contributed by atoms with van der Waals surface area (Å²) in [5.74, 6) is 2.79. The van der Waals surface area contributed by atoms with E-state index in [1.165, 1.54) is 24.8 Å². The van der Waals surface area contributed by atoms with Crippen LogP contribution in [0.3, 0.4) is 0 Å². The molecule has 0 amide bonds. The van der Waals surface area contributed by atoms with Gasteiger partial charge in [0.15, 0.2) is 0 Å². The number of ether oxygens (including phenoxy) is 3. The van der Waals surface area contributed by atoms with Crippen LogP contribution in [0.2, 0.25) is 0 Å². The summed E-state index contributed by atoms with van der Waals surface area (Å²) in [5, 5.41) is 11.3. The molecule has 1 unspecified atom stereocenters. The first-order valence-corrected chi connectivity index (χ1v) is 19.4. The summed E-state index contributed by atoms with van der Waals surface area (Å²) < 4.78 is 19.9. The average Bonchev–Trinajstić information content (AvgIpc) is 3.49. The zero-order chi connectivity index (χ0) is 36.3. The van der Waals surface area contributed by atoms with Gasteiger partial charge in [0, 0.05) is 46.3 Å². The van der Waals surface area contributed by atoms with Gasteiger partial charge >= 0.3 is 0 Å². The molecular formula is C38H60N10O3. The molecule has 4 aliphatic rings. The summed E-state index contributed by atoms with van der Waals surface area (Å²) in [5.41, 5.74) is 28.1. The largest absolute Gasteiger partial charge is 0.378 e. The van der Waals surface area contributed by atoms with Gasteiger partial charge in [-0.3, -0.25) is 0 Å². The van der Waals surface area contributed by atoms with Gasteiger partial charge in [0.1, 0.15) is 0 Å². The maximum absolute atomic E-state index is 9.00. The fourth-order valence-corrected chi connectivity index (χ4v) is 11.4. The van der Waals surface area contributed by atoms with Crippen LogP contribution in [-0.4, -0.2) is 76.3 Å². The van der Waals surface area contributed by atoms with Crippen LogP contribution >= 0.6 is 0 Å². The van der Waals surface area contributed by atoms with Gasteiger partial charge in [0.05, 0.1) is 38.1 Å². The zero-order valence-corrected chi connectivity index (χ0v) is 31.3. The minimum atomic E-state index is -0.0237. The van der Waals surface area contributed by atoms with E-state index in [0.29, 0.717) is 75.0 Å². The molecule has 4 saturated carbocycles. The normalized spacial score (nSPS) is 34.6. The van der Waals surface area contributed by atoms with Crippen molar-refractivity contribution in [3.8, 4) is 0 Å². The second-order valence-corrected chi connectivity index (χ2v) is 16.3. The van der Waals surface area contributed by atoms with E-state index < -0.39 is 0 Å². The number of hydrogen-bond acceptors (Lipinski definition) is 7. The summed E-state index contributed by atoms with van der Waals surface area (Å²) in [6.45, 7) is 11.9. The molecule has 1 aromatic carbocycles. The van der Waals surface area contributed by atoms with E-state index in [1.807, 2.05) is 0 Å². The number of nitrogens with zero attached hydrogens (tertiary/aromatic N) is 10. The number of benzene rings is 1. The van der Waals surface area contributed by atoms with E-state index in [2.05, 4.69) is 93.1 Å². The Hall–Kier alpha value is -3.01. The summed E-state index contributed by atoms with van der Waals surface area (Å²) >= 11 is 0. The van der Waals surface area contributed by atoms with Crippen LogP contribution in [-0.2, 0) is 20.8 Å². The summed E-state index contributed by atoms with van der Waals surface area (Å²) in [7, 11) is 2.22. The first kappa shape index (κ1) is 39.2. The van der Waals surface area contributed by atoms with Gasteiger partial charge in [-0.1, -0.05) is 66.4 Å². The molecule has 4 fully saturated rings. The van der Waals surface area contributed by atoms with Crippen molar-refractivity contribution >= 4 is 0 Å². The van der Waals surface area contributed by atoms with Crippen LogP contribution in [0.5, 0.6) is 0 Å². The second kappa shape index (κ2) is 18.7. The topological polar surface area (TPSA) is 177 Å². The van der Waals surface area contributed by atoms with E-state index in [4.69, 9.17) is 30.8 Å². The monoisotopic (exact) mass is 704 g/mol. The van der Waals surface area contributed by atoms with Gasteiger partial charge < -0.3 is 19.1 Å². The van der Waals surface area contributed by atoms with Gasteiger partial charge in [0.25, 0.3) is 0 Å². The third-order valence-corrected chi connectivity index (χ3v) is 13.7. The Kier molecular flexibility index (Phi) is 14.3. The van der Waals surface area contributed by atoms with E-state index in [9.17, 15) is 0 Å². The Morgan fingerprint density at radius 1 is 0.843 bits per heavy atom. The van der Waals surface area contributed by atoms with Crippen LogP contribution in [0.4, 0.5) is 0 Å². The highest BCUT2D eigenvalue weighted by atomic mass is 16.5. The lowest BCUT2D eigenvalue weighted by Crippen LogP contribution is -2.63. The van der Waals surface area contributed by atoms with E-state index in [0.717, 1.165) is 51.6 Å². The Morgan fingerprint density at radius 3 is 2.20 bits per heavy atom. The molecule has 0 aromatic heterocycles. The van der Waals surface area contributed by atoms with Crippen LogP contribution in [0.1, 0.15) is 84.1 Å². The summed E-state index contributed by atoms with van der Waals surface area (Å²) in [6, 6.07) is 10.7. The van der Waals surface area contributed by atoms with Crippen molar-refractivity contribution in [2.45, 2.75) is 103 Å². The third kappa shape index (κ3) is 9.14. The van der Waals surface area contributed by atoms with Crippen molar-refractivity contribution < 1.29 is 14.2 Å². The molecule has 0 saturated heterocycles. The van der Waals surface area contributed by atoms with E-state index in [-0.39, 0.29) is 29.1 Å². The third-order valence-electron chi connectivity index (χ3n) is 13.7. The number of hydrogen-bond donors (Lipinski definition) is 0. The van der Waals surface area contributed by atoms with Crippen molar-refractivity contribution in [1.82, 2.24) is 4.90 Å². The van der Waals surface area contributed by atoms with Crippen molar-refractivity contribution in [3.05, 3.63) is 67.2 Å². The molecule has 280 valence electrons. The predicted molar refractivity (Wildman–Crippen MR) is 198 cm³/mol. The molecule has 5 rings (SSSR count). The highest BCUT2D eigenvalue weighted by Gasteiger charge is 2.66. The maximum atomic E-state index is 9.00. The zero-order valence-electron chi connectivity index (χ0n) is 31.3. The lowest BCUT2D eigenvalue weighted by Gasteiger charge is -2.64. The van der Waals surface area contributed by atoms with Crippen molar-refractivity contribution in [2.75, 3.05) is 53.0 Å². The van der Waals surface area contributed by atoms with Gasteiger partial charge in [-0.15, -0.1) is 0 Å². The fraction of sp³-hybridized carbons (Fsp3) is 0.842. The SMILES string of the molecule is C[C@H](CCCN(C)Cc1ccccc1)[C@H]1CC[C@H]2[C@@H]3[C@H](OCCN=[N+]=[N-])C[C@@H]4CC(OCCN=[N+]=[N-])CC[C@]4(C)[C@H]3C[C@H](OCCN=[N+]=[N-])[C@]12C. The van der Waals surface area contributed by atoms with Crippen molar-refractivity contribution in [2.24, 2.45) is 61.7 Å². The van der Waals surface area contributed by atoms with E-state index in [1.54, 1.807) is 0 Å². The molecule has 0 radical (unpaired) electrons. The molecule has 13 nitrogen and oxygen atoms in total. The van der Waals surface area contributed by atoms with E-state index >= 15 is 0 Å². The molecule has 4 aliphatic carbocycles. The first-order chi connectivity index (χ1) is 24.8. The standard InChI is InChI=1S/C38H60N10O3/c1-27(9-8-19-48(4)26-28-10-6-5-7-11-28)31-12-13-32-36-33(25-35(38(31,32)3)51-22-18-44-47-41)37(2)15-14-30(49-20-16-42-45-39)23-29(37)24-34(36)50-21-17-43-46-40/h5-7,10-11,27,29-36H,8-9,12-26H2,1-4H3/t27-,29+,30?,31-,32+,33+,34-,35+,36+,37+,38-/m1/s1. The van der Waals surface area contributed by atoms with Crippen LogP contribution in [0.25, 0.3) is 31.3 Å². The lowest BCUT2D eigenvalue weighted by atomic mass is 9.43. The molecule has 51 heavy (non-hydrogen) atoms. The highest BCUT2D eigenvalue weighted by Crippen LogP contribution is 2.69. The van der Waals surface area contributed by atoms with Gasteiger partial charge in [-0.05, 0) is 134 Å². The Balaban J connectivity index is 1.36. The van der Waals surface area contributed by atoms with Crippen molar-refractivity contribution in [3.63, 3.8) is 0 Å². The Morgan fingerprint density at radius 2 is 1.51 bits per heavy atom. The lowest BCUT2D eigenvalue weighted by molar-refractivity contribution is -0.226. The fourth-order valence-electron chi connectivity index (χ4n) is 11.4. The number of azide groups is 3. The van der Waals surface area contributed by atoms with Gasteiger partial charge in [-0.25, -0.2) is 0 Å². The Labute approximate surface area is 304 Å². The molecule has 0 aliphatic heterocycles. The highest BCUT2D eigenvalue weighted by molar-refractivity contribution is 5.16. The molecule has 0 bridgehead atoms. The maximum Gasteiger partial charge on any atom is 0.0637 e. The molecule has 11 atom stereocenters. The molecule has 0 N–H and O–H groups in total. The number of fused-ring (bicyclic) bond motifs is 5. The Bertz CT molecular complexity index is 1400. The minimum Gasteiger partial charge on any atom is -0.378 e. The van der Waals surface area contributed by atoms with Gasteiger partial charge in [0.2, 0.25) is 0 Å². The van der Waals surface area contributed by atoms with Crippen LogP contribution in [0.15, 0.2) is 45.7 Å². The molecular weight excluding hydrogens is 644 g/mol. The second-order valence-electron chi connectivity index (χ2n) is 16.3. The molecule has 0 heterocycles. The smallest absolute Gasteiger partial charge is 0.0637 e. The van der Waals surface area contributed by atoms with Crippen LogP contribution < -0.4 is 0 Å². The minimum absolute atomic E-state index is 0.0237.